The van der Waals surface area contributed by atoms with Gasteiger partial charge in [0.1, 0.15) is 10.6 Å². The van der Waals surface area contributed by atoms with Gasteiger partial charge in [0, 0.05) is 0 Å². The van der Waals surface area contributed by atoms with Gasteiger partial charge >= 0.3 is 5.97 Å². The minimum Gasteiger partial charge on any atom is -0.478 e. The molecule has 84 valence electrons. The normalized spacial score (nSPS) is 10.6. The first-order valence-corrected chi connectivity index (χ1v) is 5.23. The maximum atomic E-state index is 10.9. The number of rotatable bonds is 3. The minimum atomic E-state index is -4.65. The van der Waals surface area contributed by atoms with Crippen molar-refractivity contribution >= 4 is 27.9 Å². The van der Waals surface area contributed by atoms with Gasteiger partial charge in [-0.2, -0.15) is 13.4 Å². The summed E-state index contributed by atoms with van der Waals surface area (Å²) in [6, 6.07) is 3.08. The summed E-state index contributed by atoms with van der Waals surface area (Å²) in [5, 5.41) is 8.72. The Morgan fingerprint density at radius 2 is 2.00 bits per heavy atom. The highest BCUT2D eigenvalue weighted by Gasteiger charge is 2.21. The van der Waals surface area contributed by atoms with Crippen LogP contribution in [0.1, 0.15) is 10.4 Å². The number of para-hydroxylation sites is 1. The van der Waals surface area contributed by atoms with Gasteiger partial charge in [0.15, 0.2) is 0 Å². The van der Waals surface area contributed by atoms with E-state index in [1.807, 2.05) is 0 Å². The Morgan fingerprint density at radius 3 is 2.44 bits per heavy atom. The van der Waals surface area contributed by atoms with Crippen LogP contribution in [0, 0.1) is 0 Å². The van der Waals surface area contributed by atoms with E-state index >= 15 is 0 Å². The maximum Gasteiger partial charge on any atom is 0.337 e. The molecule has 0 spiro atoms. The second-order valence-corrected chi connectivity index (χ2v) is 4.03. The van der Waals surface area contributed by atoms with Gasteiger partial charge in [-0.25, -0.2) is 9.59 Å². The van der Waals surface area contributed by atoms with Gasteiger partial charge in [-0.15, -0.1) is 0 Å². The number of hydrogen-bond donors (Lipinski definition) is 2. The zero-order valence-corrected chi connectivity index (χ0v) is 8.43. The van der Waals surface area contributed by atoms with Crippen LogP contribution in [0.25, 0.3) is 0 Å². The van der Waals surface area contributed by atoms with E-state index in [4.69, 9.17) is 9.66 Å². The van der Waals surface area contributed by atoms with Crippen molar-refractivity contribution in [3.63, 3.8) is 0 Å². The molecule has 0 saturated carbocycles. The zero-order valence-electron chi connectivity index (χ0n) is 7.61. The van der Waals surface area contributed by atoms with Crippen LogP contribution in [-0.4, -0.2) is 30.1 Å². The lowest BCUT2D eigenvalue weighted by molar-refractivity contribution is 0.0697. The number of nitrogens with zero attached hydrogens (tertiary/aromatic N) is 1. The lowest BCUT2D eigenvalue weighted by Crippen LogP contribution is -2.03. The fourth-order valence-electron chi connectivity index (χ4n) is 1.06. The van der Waals surface area contributed by atoms with E-state index in [1.54, 1.807) is 0 Å². The Balaban J connectivity index is 3.71. The quantitative estimate of drug-likeness (QED) is 0.455. The van der Waals surface area contributed by atoms with Crippen molar-refractivity contribution in [2.75, 3.05) is 0 Å². The topological polar surface area (TPSA) is 121 Å². The average Bonchev–Trinajstić information content (AvgIpc) is 2.16. The van der Waals surface area contributed by atoms with Crippen LogP contribution in [0.5, 0.6) is 0 Å². The molecule has 0 atom stereocenters. The molecule has 0 aliphatic rings. The SMILES string of the molecule is O=C=Nc1c(C(=O)O)cccc1S(=O)(=O)O. The molecule has 0 heterocycles. The number of carbonyl (C=O) groups excluding carboxylic acids is 1. The average molecular weight is 243 g/mol. The molecular formula is C8H5NO6S. The molecule has 0 aromatic heterocycles. The summed E-state index contributed by atoms with van der Waals surface area (Å²) < 4.78 is 30.5. The molecule has 0 bridgehead atoms. The van der Waals surface area contributed by atoms with Crippen LogP contribution in [0.3, 0.4) is 0 Å². The molecule has 0 radical (unpaired) electrons. The Bertz CT molecular complexity index is 585. The third kappa shape index (κ3) is 2.31. The van der Waals surface area contributed by atoms with Crippen LogP contribution >= 0.6 is 0 Å². The molecule has 1 rings (SSSR count). The lowest BCUT2D eigenvalue weighted by atomic mass is 10.2. The minimum absolute atomic E-state index is 0.515. The first kappa shape index (κ1) is 12.1. The molecule has 7 nitrogen and oxygen atoms in total. The highest BCUT2D eigenvalue weighted by Crippen LogP contribution is 2.27. The van der Waals surface area contributed by atoms with Gasteiger partial charge in [0.05, 0.1) is 5.56 Å². The Morgan fingerprint density at radius 1 is 1.38 bits per heavy atom. The lowest BCUT2D eigenvalue weighted by Gasteiger charge is -2.03. The smallest absolute Gasteiger partial charge is 0.337 e. The zero-order chi connectivity index (χ0) is 12.3. The number of isocyanates is 1. The van der Waals surface area contributed by atoms with Crippen molar-refractivity contribution in [1.82, 2.24) is 0 Å². The maximum absolute atomic E-state index is 10.9. The van der Waals surface area contributed by atoms with E-state index < -0.39 is 32.2 Å². The Kier molecular flexibility index (Phi) is 3.19. The van der Waals surface area contributed by atoms with E-state index in [9.17, 15) is 18.0 Å². The number of aromatic carboxylic acids is 1. The van der Waals surface area contributed by atoms with Crippen LogP contribution in [0.4, 0.5) is 5.69 Å². The van der Waals surface area contributed by atoms with Crippen molar-refractivity contribution in [3.05, 3.63) is 23.8 Å². The molecule has 0 saturated heterocycles. The molecule has 0 amide bonds. The Labute approximate surface area is 89.8 Å². The van der Waals surface area contributed by atoms with Gasteiger partial charge in [-0.3, -0.25) is 4.55 Å². The Hall–Kier alpha value is -2.02. The van der Waals surface area contributed by atoms with Gasteiger partial charge in [-0.1, -0.05) is 6.07 Å². The molecule has 1 aromatic rings. The molecule has 0 fully saturated rings. The predicted octanol–water partition coefficient (Wildman–Crippen LogP) is 0.599. The monoisotopic (exact) mass is 243 g/mol. The van der Waals surface area contributed by atoms with Crippen LogP contribution < -0.4 is 0 Å². The number of carboxylic acid groups (broad SMARTS) is 1. The van der Waals surface area contributed by atoms with E-state index in [-0.39, 0.29) is 0 Å². The molecule has 0 aliphatic carbocycles. The number of carboxylic acids is 1. The summed E-state index contributed by atoms with van der Waals surface area (Å²) in [5.74, 6) is -1.47. The summed E-state index contributed by atoms with van der Waals surface area (Å²) in [6.45, 7) is 0. The third-order valence-electron chi connectivity index (χ3n) is 1.66. The molecule has 8 heteroatoms. The van der Waals surface area contributed by atoms with E-state index in [0.717, 1.165) is 24.3 Å². The van der Waals surface area contributed by atoms with E-state index in [1.165, 1.54) is 0 Å². The summed E-state index contributed by atoms with van der Waals surface area (Å²) in [4.78, 5) is 23.0. The molecular weight excluding hydrogens is 238 g/mol. The first-order chi connectivity index (χ1) is 7.38. The van der Waals surface area contributed by atoms with Crippen molar-refractivity contribution < 1.29 is 27.7 Å². The van der Waals surface area contributed by atoms with Crippen LogP contribution in [0.2, 0.25) is 0 Å². The van der Waals surface area contributed by atoms with Crippen molar-refractivity contribution in [2.45, 2.75) is 4.90 Å². The van der Waals surface area contributed by atoms with E-state index in [0.29, 0.717) is 0 Å². The molecule has 2 N–H and O–H groups in total. The highest BCUT2D eigenvalue weighted by molar-refractivity contribution is 7.86. The second-order valence-electron chi connectivity index (χ2n) is 2.64. The largest absolute Gasteiger partial charge is 0.478 e. The van der Waals surface area contributed by atoms with Gasteiger partial charge in [0.2, 0.25) is 6.08 Å². The van der Waals surface area contributed by atoms with E-state index in [2.05, 4.69) is 4.99 Å². The summed E-state index contributed by atoms with van der Waals surface area (Å²) in [6.07, 6.45) is 1.03. The summed E-state index contributed by atoms with van der Waals surface area (Å²) in [5.41, 5.74) is -1.16. The van der Waals surface area contributed by atoms with Crippen molar-refractivity contribution in [1.29, 1.82) is 0 Å². The highest BCUT2D eigenvalue weighted by atomic mass is 32.2. The first-order valence-electron chi connectivity index (χ1n) is 3.79. The fraction of sp³-hybridized carbons (Fsp3) is 0. The molecule has 0 aliphatic heterocycles. The molecule has 16 heavy (non-hydrogen) atoms. The summed E-state index contributed by atoms with van der Waals surface area (Å²) in [7, 11) is -4.65. The number of hydrogen-bond acceptors (Lipinski definition) is 5. The standard InChI is InChI=1S/C8H5NO6S/c10-4-9-7-5(8(11)12)2-1-3-6(7)16(13,14)15/h1-3H,(H,11,12)(H,13,14,15). The van der Waals surface area contributed by atoms with Crippen molar-refractivity contribution in [3.8, 4) is 0 Å². The number of carbonyl (C=O) groups is 1. The number of benzene rings is 1. The van der Waals surface area contributed by atoms with Crippen LogP contribution in [-0.2, 0) is 14.9 Å². The number of aliphatic imine (C=N–C) groups is 1. The second kappa shape index (κ2) is 4.23. The van der Waals surface area contributed by atoms with Crippen molar-refractivity contribution in [2.24, 2.45) is 4.99 Å². The van der Waals surface area contributed by atoms with Gasteiger partial charge in [0.25, 0.3) is 10.1 Å². The predicted molar refractivity (Wildman–Crippen MR) is 51.0 cm³/mol. The summed E-state index contributed by atoms with van der Waals surface area (Å²) >= 11 is 0. The fourth-order valence-corrected chi connectivity index (χ4v) is 1.71. The van der Waals surface area contributed by atoms with Crippen LogP contribution in [0.15, 0.2) is 28.1 Å². The molecule has 1 aromatic carbocycles. The van der Waals surface area contributed by atoms with Gasteiger partial charge < -0.3 is 5.11 Å². The third-order valence-corrected chi connectivity index (χ3v) is 2.55. The molecule has 0 unspecified atom stereocenters. The van der Waals surface area contributed by atoms with Gasteiger partial charge in [-0.05, 0) is 12.1 Å².